The van der Waals surface area contributed by atoms with Crippen molar-refractivity contribution in [3.63, 3.8) is 0 Å². The summed E-state index contributed by atoms with van der Waals surface area (Å²) in [6.07, 6.45) is 2.56. The maximum absolute atomic E-state index is 3.78. The van der Waals surface area contributed by atoms with Gasteiger partial charge in [-0.15, -0.1) is 0 Å². The van der Waals surface area contributed by atoms with Crippen molar-refractivity contribution in [1.82, 2.24) is 10.2 Å². The van der Waals surface area contributed by atoms with E-state index in [2.05, 4.69) is 68.2 Å². The molecule has 2 heteroatoms. The second-order valence-electron chi connectivity index (χ2n) is 7.43. The van der Waals surface area contributed by atoms with Crippen LogP contribution in [0.5, 0.6) is 0 Å². The highest BCUT2D eigenvalue weighted by molar-refractivity contribution is 5.15. The molecule has 2 nitrogen and oxygen atoms in total. The van der Waals surface area contributed by atoms with E-state index in [-0.39, 0.29) is 0 Å². The number of piperazine rings is 1. The van der Waals surface area contributed by atoms with Gasteiger partial charge in [-0.3, -0.25) is 4.90 Å². The molecule has 1 aromatic carbocycles. The molecule has 0 saturated carbocycles. The van der Waals surface area contributed by atoms with E-state index in [0.717, 1.165) is 24.9 Å². The first-order valence-electron chi connectivity index (χ1n) is 8.56. The predicted molar refractivity (Wildman–Crippen MR) is 91.3 cm³/mol. The first kappa shape index (κ1) is 16.5. The van der Waals surface area contributed by atoms with Crippen LogP contribution < -0.4 is 5.32 Å². The van der Waals surface area contributed by atoms with E-state index in [0.29, 0.717) is 12.1 Å². The Kier molecular flexibility index (Phi) is 6.25. The lowest BCUT2D eigenvalue weighted by molar-refractivity contribution is 0.0997. The molecule has 118 valence electrons. The normalized spacial score (nSPS) is 23.9. The summed E-state index contributed by atoms with van der Waals surface area (Å²) in [6, 6.07) is 12.2. The standard InChI is InChI=1S/C19H32N2/c1-15(2)10-18-14-21(13-17-8-6-5-7-9-17)19(12-20-18)11-16(3)4/h5-9,15-16,18-20H,10-14H2,1-4H3/t18-,19+/m0/s1. The lowest BCUT2D eigenvalue weighted by Crippen LogP contribution is -2.56. The van der Waals surface area contributed by atoms with Crippen LogP contribution in [0.4, 0.5) is 0 Å². The Morgan fingerprint density at radius 2 is 1.71 bits per heavy atom. The smallest absolute Gasteiger partial charge is 0.0237 e. The first-order valence-corrected chi connectivity index (χ1v) is 8.56. The average Bonchev–Trinajstić information content (AvgIpc) is 2.42. The third-order valence-electron chi connectivity index (χ3n) is 4.34. The molecule has 1 aromatic rings. The van der Waals surface area contributed by atoms with Crippen molar-refractivity contribution in [3.8, 4) is 0 Å². The highest BCUT2D eigenvalue weighted by Crippen LogP contribution is 2.20. The third-order valence-corrected chi connectivity index (χ3v) is 4.34. The average molecular weight is 288 g/mol. The second kappa shape index (κ2) is 7.95. The topological polar surface area (TPSA) is 15.3 Å². The van der Waals surface area contributed by atoms with Crippen molar-refractivity contribution < 1.29 is 0 Å². The van der Waals surface area contributed by atoms with Gasteiger partial charge in [-0.1, -0.05) is 58.0 Å². The van der Waals surface area contributed by atoms with Crippen molar-refractivity contribution >= 4 is 0 Å². The van der Waals surface area contributed by atoms with Crippen LogP contribution in [-0.2, 0) is 6.54 Å². The van der Waals surface area contributed by atoms with Gasteiger partial charge in [0.15, 0.2) is 0 Å². The molecule has 0 bridgehead atoms. The van der Waals surface area contributed by atoms with Crippen LogP contribution in [0.1, 0.15) is 46.1 Å². The van der Waals surface area contributed by atoms with Crippen LogP contribution in [0.25, 0.3) is 0 Å². The fourth-order valence-corrected chi connectivity index (χ4v) is 3.44. The Labute approximate surface area is 130 Å². The van der Waals surface area contributed by atoms with Crippen molar-refractivity contribution in [2.24, 2.45) is 11.8 Å². The zero-order chi connectivity index (χ0) is 15.2. The van der Waals surface area contributed by atoms with E-state index in [1.807, 2.05) is 0 Å². The number of nitrogens with one attached hydrogen (secondary N) is 1. The summed E-state index contributed by atoms with van der Waals surface area (Å²) in [5.74, 6) is 1.53. The summed E-state index contributed by atoms with van der Waals surface area (Å²) in [5, 5.41) is 3.78. The van der Waals surface area contributed by atoms with Gasteiger partial charge in [0.2, 0.25) is 0 Å². The van der Waals surface area contributed by atoms with Gasteiger partial charge in [-0.2, -0.15) is 0 Å². The summed E-state index contributed by atoms with van der Waals surface area (Å²) < 4.78 is 0. The SMILES string of the molecule is CC(C)C[C@H]1CN(Cc2ccccc2)[C@H](CC(C)C)CN1. The number of hydrogen-bond donors (Lipinski definition) is 1. The molecule has 0 radical (unpaired) electrons. The van der Waals surface area contributed by atoms with Crippen LogP contribution in [0.2, 0.25) is 0 Å². The molecule has 0 aromatic heterocycles. The van der Waals surface area contributed by atoms with Gasteiger partial charge in [-0.05, 0) is 30.2 Å². The second-order valence-corrected chi connectivity index (χ2v) is 7.43. The molecule has 1 fully saturated rings. The maximum Gasteiger partial charge on any atom is 0.0237 e. The van der Waals surface area contributed by atoms with Crippen molar-refractivity contribution in [2.45, 2.75) is 59.2 Å². The predicted octanol–water partition coefficient (Wildman–Crippen LogP) is 3.92. The molecule has 0 unspecified atom stereocenters. The lowest BCUT2D eigenvalue weighted by atomic mass is 9.95. The van der Waals surface area contributed by atoms with Gasteiger partial charge in [0.25, 0.3) is 0 Å². The van der Waals surface area contributed by atoms with E-state index in [1.54, 1.807) is 0 Å². The molecule has 0 amide bonds. The van der Waals surface area contributed by atoms with E-state index in [1.165, 1.54) is 24.9 Å². The highest BCUT2D eigenvalue weighted by atomic mass is 15.2. The highest BCUT2D eigenvalue weighted by Gasteiger charge is 2.28. The zero-order valence-corrected chi connectivity index (χ0v) is 14.2. The Bertz CT molecular complexity index is 399. The Hall–Kier alpha value is -0.860. The fourth-order valence-electron chi connectivity index (χ4n) is 3.44. The summed E-state index contributed by atoms with van der Waals surface area (Å²) in [7, 11) is 0. The van der Waals surface area contributed by atoms with E-state index < -0.39 is 0 Å². The summed E-state index contributed by atoms with van der Waals surface area (Å²) >= 11 is 0. The van der Waals surface area contributed by atoms with E-state index >= 15 is 0 Å². The Morgan fingerprint density at radius 3 is 2.33 bits per heavy atom. The number of benzene rings is 1. The molecule has 2 rings (SSSR count). The fraction of sp³-hybridized carbons (Fsp3) is 0.684. The number of nitrogens with zero attached hydrogens (tertiary/aromatic N) is 1. The van der Waals surface area contributed by atoms with E-state index in [9.17, 15) is 0 Å². The van der Waals surface area contributed by atoms with Gasteiger partial charge < -0.3 is 5.32 Å². The monoisotopic (exact) mass is 288 g/mol. The van der Waals surface area contributed by atoms with Gasteiger partial charge in [0.05, 0.1) is 0 Å². The number of hydrogen-bond acceptors (Lipinski definition) is 2. The molecule has 2 atom stereocenters. The van der Waals surface area contributed by atoms with Crippen molar-refractivity contribution in [1.29, 1.82) is 0 Å². The Morgan fingerprint density at radius 1 is 1.05 bits per heavy atom. The molecular weight excluding hydrogens is 256 g/mol. The van der Waals surface area contributed by atoms with Crippen LogP contribution in [0, 0.1) is 11.8 Å². The number of rotatable bonds is 6. The molecule has 21 heavy (non-hydrogen) atoms. The van der Waals surface area contributed by atoms with Crippen LogP contribution in [0.3, 0.4) is 0 Å². The van der Waals surface area contributed by atoms with Crippen LogP contribution in [-0.4, -0.2) is 30.1 Å². The summed E-state index contributed by atoms with van der Waals surface area (Å²) in [4.78, 5) is 2.71. The molecule has 1 aliphatic heterocycles. The van der Waals surface area contributed by atoms with Crippen LogP contribution >= 0.6 is 0 Å². The summed E-state index contributed by atoms with van der Waals surface area (Å²) in [6.45, 7) is 12.7. The van der Waals surface area contributed by atoms with Gasteiger partial charge >= 0.3 is 0 Å². The minimum atomic E-state index is 0.650. The molecular formula is C19H32N2. The lowest BCUT2D eigenvalue weighted by Gasteiger charge is -2.42. The van der Waals surface area contributed by atoms with Crippen molar-refractivity contribution in [3.05, 3.63) is 35.9 Å². The molecule has 1 aliphatic rings. The van der Waals surface area contributed by atoms with Gasteiger partial charge in [0, 0.05) is 31.7 Å². The minimum Gasteiger partial charge on any atom is -0.311 e. The minimum absolute atomic E-state index is 0.650. The molecule has 0 aliphatic carbocycles. The Balaban J connectivity index is 2.01. The summed E-state index contributed by atoms with van der Waals surface area (Å²) in [5.41, 5.74) is 1.44. The molecule has 1 saturated heterocycles. The quantitative estimate of drug-likeness (QED) is 0.853. The zero-order valence-electron chi connectivity index (χ0n) is 14.2. The molecule has 1 N–H and O–H groups in total. The maximum atomic E-state index is 3.78. The van der Waals surface area contributed by atoms with E-state index in [4.69, 9.17) is 0 Å². The largest absolute Gasteiger partial charge is 0.311 e. The third kappa shape index (κ3) is 5.44. The van der Waals surface area contributed by atoms with Crippen LogP contribution in [0.15, 0.2) is 30.3 Å². The first-order chi connectivity index (χ1) is 10.0. The van der Waals surface area contributed by atoms with Gasteiger partial charge in [0.1, 0.15) is 0 Å². The van der Waals surface area contributed by atoms with Gasteiger partial charge in [-0.25, -0.2) is 0 Å². The van der Waals surface area contributed by atoms with Crippen molar-refractivity contribution in [2.75, 3.05) is 13.1 Å². The molecule has 1 heterocycles. The molecule has 0 spiro atoms.